The molecule has 2 fully saturated rings. The average molecular weight is 268 g/mol. The fourth-order valence-electron chi connectivity index (χ4n) is 4.05. The SMILES string of the molecule is CN(CCC1CCCC1(N)CO)C1CCCCCC1. The van der Waals surface area contributed by atoms with Crippen molar-refractivity contribution in [2.75, 3.05) is 20.2 Å². The molecule has 0 heterocycles. The molecule has 2 aliphatic carbocycles. The smallest absolute Gasteiger partial charge is 0.0613 e. The molecule has 3 heteroatoms. The summed E-state index contributed by atoms with van der Waals surface area (Å²) in [6.07, 6.45) is 12.9. The lowest BCUT2D eigenvalue weighted by Gasteiger charge is -2.33. The summed E-state index contributed by atoms with van der Waals surface area (Å²) in [6, 6.07) is 0.783. The summed E-state index contributed by atoms with van der Waals surface area (Å²) in [4.78, 5) is 2.56. The van der Waals surface area contributed by atoms with Gasteiger partial charge in [-0.15, -0.1) is 0 Å². The number of nitrogens with two attached hydrogens (primary N) is 1. The molecule has 2 unspecified atom stereocenters. The van der Waals surface area contributed by atoms with Gasteiger partial charge in [0.05, 0.1) is 6.61 Å². The van der Waals surface area contributed by atoms with Gasteiger partial charge in [-0.2, -0.15) is 0 Å². The lowest BCUT2D eigenvalue weighted by molar-refractivity contribution is 0.138. The zero-order valence-corrected chi connectivity index (χ0v) is 12.6. The molecule has 2 rings (SSSR count). The molecule has 2 aliphatic rings. The van der Waals surface area contributed by atoms with Crippen molar-refractivity contribution in [1.82, 2.24) is 4.90 Å². The predicted molar refractivity (Wildman–Crippen MR) is 80.1 cm³/mol. The number of hydrogen-bond acceptors (Lipinski definition) is 3. The summed E-state index contributed by atoms with van der Waals surface area (Å²) < 4.78 is 0. The predicted octanol–water partition coefficient (Wildman–Crippen LogP) is 2.52. The molecule has 3 N–H and O–H groups in total. The quantitative estimate of drug-likeness (QED) is 0.753. The van der Waals surface area contributed by atoms with E-state index in [4.69, 9.17) is 5.73 Å². The number of nitrogens with zero attached hydrogens (tertiary/aromatic N) is 1. The van der Waals surface area contributed by atoms with E-state index in [2.05, 4.69) is 11.9 Å². The van der Waals surface area contributed by atoms with Crippen LogP contribution in [0.4, 0.5) is 0 Å². The maximum atomic E-state index is 9.51. The second kappa shape index (κ2) is 7.05. The van der Waals surface area contributed by atoms with Crippen LogP contribution in [-0.4, -0.2) is 41.8 Å². The van der Waals surface area contributed by atoms with Crippen LogP contribution in [0.1, 0.15) is 64.2 Å². The van der Waals surface area contributed by atoms with Crippen molar-refractivity contribution in [1.29, 1.82) is 0 Å². The largest absolute Gasteiger partial charge is 0.394 e. The third kappa shape index (κ3) is 3.93. The van der Waals surface area contributed by atoms with Crippen molar-refractivity contribution in [3.63, 3.8) is 0 Å². The summed E-state index contributed by atoms with van der Waals surface area (Å²) in [5.41, 5.74) is 6.04. The Labute approximate surface area is 118 Å². The molecule has 0 bridgehead atoms. The van der Waals surface area contributed by atoms with Crippen LogP contribution in [0, 0.1) is 5.92 Å². The molecule has 0 amide bonds. The first-order valence-electron chi connectivity index (χ1n) is 8.26. The maximum Gasteiger partial charge on any atom is 0.0613 e. The minimum atomic E-state index is -0.287. The van der Waals surface area contributed by atoms with Crippen LogP contribution in [0.15, 0.2) is 0 Å². The average Bonchev–Trinajstić information content (AvgIpc) is 2.64. The first kappa shape index (κ1) is 15.3. The van der Waals surface area contributed by atoms with Crippen LogP contribution in [0.3, 0.4) is 0 Å². The summed E-state index contributed by atoms with van der Waals surface area (Å²) in [7, 11) is 2.28. The molecule has 0 radical (unpaired) electrons. The van der Waals surface area contributed by atoms with Crippen LogP contribution in [0.2, 0.25) is 0 Å². The lowest BCUT2D eigenvalue weighted by atomic mass is 9.86. The highest BCUT2D eigenvalue weighted by Gasteiger charge is 2.38. The van der Waals surface area contributed by atoms with Crippen molar-refractivity contribution in [3.05, 3.63) is 0 Å². The Kier molecular flexibility index (Phi) is 5.67. The molecule has 3 nitrogen and oxygen atoms in total. The van der Waals surface area contributed by atoms with Gasteiger partial charge in [0, 0.05) is 11.6 Å². The third-order valence-electron chi connectivity index (χ3n) is 5.58. The Morgan fingerprint density at radius 3 is 2.42 bits per heavy atom. The van der Waals surface area contributed by atoms with Crippen molar-refractivity contribution in [2.45, 2.75) is 75.8 Å². The second-order valence-electron chi connectivity index (χ2n) is 6.90. The molecule has 19 heavy (non-hydrogen) atoms. The van der Waals surface area contributed by atoms with E-state index in [1.165, 1.54) is 51.4 Å². The summed E-state index contributed by atoms with van der Waals surface area (Å²) in [5.74, 6) is 0.519. The van der Waals surface area contributed by atoms with E-state index >= 15 is 0 Å². The van der Waals surface area contributed by atoms with Gasteiger partial charge in [0.2, 0.25) is 0 Å². The van der Waals surface area contributed by atoms with Crippen LogP contribution >= 0.6 is 0 Å². The highest BCUT2D eigenvalue weighted by Crippen LogP contribution is 2.36. The van der Waals surface area contributed by atoms with Crippen LogP contribution < -0.4 is 5.73 Å². The van der Waals surface area contributed by atoms with E-state index in [1.807, 2.05) is 0 Å². The monoisotopic (exact) mass is 268 g/mol. The summed E-state index contributed by atoms with van der Waals surface area (Å²) in [5, 5.41) is 9.51. The molecule has 0 aromatic rings. The van der Waals surface area contributed by atoms with Crippen LogP contribution in [0.5, 0.6) is 0 Å². The Morgan fingerprint density at radius 2 is 1.79 bits per heavy atom. The van der Waals surface area contributed by atoms with E-state index in [0.717, 1.165) is 25.4 Å². The highest BCUT2D eigenvalue weighted by molar-refractivity contribution is 4.96. The van der Waals surface area contributed by atoms with Crippen molar-refractivity contribution < 1.29 is 5.11 Å². The highest BCUT2D eigenvalue weighted by atomic mass is 16.3. The van der Waals surface area contributed by atoms with E-state index in [-0.39, 0.29) is 12.1 Å². The van der Waals surface area contributed by atoms with Crippen LogP contribution in [-0.2, 0) is 0 Å². The van der Waals surface area contributed by atoms with Gasteiger partial charge in [-0.3, -0.25) is 0 Å². The summed E-state index contributed by atoms with van der Waals surface area (Å²) in [6.45, 7) is 1.30. The van der Waals surface area contributed by atoms with Gasteiger partial charge in [-0.05, 0) is 51.6 Å². The fourth-order valence-corrected chi connectivity index (χ4v) is 4.05. The van der Waals surface area contributed by atoms with Gasteiger partial charge in [-0.1, -0.05) is 32.1 Å². The molecular formula is C16H32N2O. The molecule has 0 spiro atoms. The molecule has 0 saturated heterocycles. The first-order valence-corrected chi connectivity index (χ1v) is 8.26. The molecule has 0 aromatic carbocycles. The molecule has 2 atom stereocenters. The third-order valence-corrected chi connectivity index (χ3v) is 5.58. The molecule has 2 saturated carbocycles. The van der Waals surface area contributed by atoms with Crippen LogP contribution in [0.25, 0.3) is 0 Å². The minimum Gasteiger partial charge on any atom is -0.394 e. The fraction of sp³-hybridized carbons (Fsp3) is 1.00. The number of aliphatic hydroxyl groups is 1. The van der Waals surface area contributed by atoms with Gasteiger partial charge < -0.3 is 15.7 Å². The molecule has 112 valence electrons. The van der Waals surface area contributed by atoms with Crippen molar-refractivity contribution in [2.24, 2.45) is 11.7 Å². The molecule has 0 aliphatic heterocycles. The lowest BCUT2D eigenvalue weighted by Crippen LogP contribution is -2.48. The zero-order chi connectivity index (χ0) is 13.7. The van der Waals surface area contributed by atoms with Gasteiger partial charge in [0.1, 0.15) is 0 Å². The number of rotatable bonds is 5. The molecular weight excluding hydrogens is 236 g/mol. The maximum absolute atomic E-state index is 9.51. The van der Waals surface area contributed by atoms with E-state index < -0.39 is 0 Å². The van der Waals surface area contributed by atoms with Crippen molar-refractivity contribution >= 4 is 0 Å². The zero-order valence-electron chi connectivity index (χ0n) is 12.6. The Morgan fingerprint density at radius 1 is 1.11 bits per heavy atom. The van der Waals surface area contributed by atoms with Gasteiger partial charge in [0.25, 0.3) is 0 Å². The Bertz CT molecular complexity index is 263. The second-order valence-corrected chi connectivity index (χ2v) is 6.90. The Hall–Kier alpha value is -0.120. The van der Waals surface area contributed by atoms with Crippen molar-refractivity contribution in [3.8, 4) is 0 Å². The normalized spacial score (nSPS) is 33.8. The first-order chi connectivity index (χ1) is 9.15. The number of aliphatic hydroxyl groups excluding tert-OH is 1. The topological polar surface area (TPSA) is 49.5 Å². The molecule has 0 aromatic heterocycles. The summed E-state index contributed by atoms with van der Waals surface area (Å²) >= 11 is 0. The number of hydrogen-bond donors (Lipinski definition) is 2. The standard InChI is InChI=1S/C16H32N2O/c1-18(15-8-4-2-3-5-9-15)12-10-14-7-6-11-16(14,17)13-19/h14-15,19H,2-13,17H2,1H3. The van der Waals surface area contributed by atoms with E-state index in [9.17, 15) is 5.11 Å². The van der Waals surface area contributed by atoms with Gasteiger partial charge in [0.15, 0.2) is 0 Å². The van der Waals surface area contributed by atoms with Gasteiger partial charge in [-0.25, -0.2) is 0 Å². The van der Waals surface area contributed by atoms with E-state index in [1.54, 1.807) is 0 Å². The Balaban J connectivity index is 1.77. The minimum absolute atomic E-state index is 0.158. The van der Waals surface area contributed by atoms with E-state index in [0.29, 0.717) is 5.92 Å². The van der Waals surface area contributed by atoms with Gasteiger partial charge >= 0.3 is 0 Å².